The SMILES string of the molecule is CC(CCl)CCc1ccc2ccccc2n1. The van der Waals surface area contributed by atoms with Gasteiger partial charge in [0.25, 0.3) is 0 Å². The number of pyridine rings is 1. The van der Waals surface area contributed by atoms with E-state index in [1.54, 1.807) is 0 Å². The van der Waals surface area contributed by atoms with Gasteiger partial charge in [-0.1, -0.05) is 31.2 Å². The van der Waals surface area contributed by atoms with Gasteiger partial charge in [0, 0.05) is 17.0 Å². The molecule has 0 aliphatic rings. The number of hydrogen-bond donors (Lipinski definition) is 0. The number of para-hydroxylation sites is 1. The maximum absolute atomic E-state index is 5.79. The largest absolute Gasteiger partial charge is 0.253 e. The van der Waals surface area contributed by atoms with Crippen molar-refractivity contribution in [1.29, 1.82) is 0 Å². The summed E-state index contributed by atoms with van der Waals surface area (Å²) in [6, 6.07) is 12.5. The van der Waals surface area contributed by atoms with E-state index < -0.39 is 0 Å². The molecule has 0 fully saturated rings. The van der Waals surface area contributed by atoms with Crippen LogP contribution >= 0.6 is 11.6 Å². The number of fused-ring (bicyclic) bond motifs is 1. The van der Waals surface area contributed by atoms with Crippen LogP contribution in [0.2, 0.25) is 0 Å². The number of rotatable bonds is 4. The molecule has 2 rings (SSSR count). The van der Waals surface area contributed by atoms with E-state index >= 15 is 0 Å². The standard InChI is InChI=1S/C14H16ClN/c1-11(10-15)6-8-13-9-7-12-4-2-3-5-14(12)16-13/h2-5,7,9,11H,6,8,10H2,1H3. The van der Waals surface area contributed by atoms with E-state index in [4.69, 9.17) is 11.6 Å². The van der Waals surface area contributed by atoms with E-state index in [1.165, 1.54) is 5.39 Å². The van der Waals surface area contributed by atoms with Gasteiger partial charge in [-0.25, -0.2) is 0 Å². The highest BCUT2D eigenvalue weighted by atomic mass is 35.5. The first-order valence-corrected chi connectivity index (χ1v) is 6.23. The summed E-state index contributed by atoms with van der Waals surface area (Å²) in [5.74, 6) is 1.29. The van der Waals surface area contributed by atoms with Gasteiger partial charge in [0.05, 0.1) is 5.52 Å². The van der Waals surface area contributed by atoms with Gasteiger partial charge in [-0.15, -0.1) is 11.6 Å². The Morgan fingerprint density at radius 2 is 2.00 bits per heavy atom. The molecule has 1 heterocycles. The molecular weight excluding hydrogens is 218 g/mol. The first kappa shape index (κ1) is 11.4. The number of nitrogens with zero attached hydrogens (tertiary/aromatic N) is 1. The predicted molar refractivity (Wildman–Crippen MR) is 69.9 cm³/mol. The van der Waals surface area contributed by atoms with Gasteiger partial charge in [0.2, 0.25) is 0 Å². The molecule has 2 aromatic rings. The van der Waals surface area contributed by atoms with Crippen LogP contribution in [0.1, 0.15) is 19.0 Å². The highest BCUT2D eigenvalue weighted by Crippen LogP contribution is 2.14. The number of aromatic nitrogens is 1. The van der Waals surface area contributed by atoms with Crippen molar-refractivity contribution in [3.8, 4) is 0 Å². The second-order valence-corrected chi connectivity index (χ2v) is 4.60. The molecule has 1 atom stereocenters. The minimum Gasteiger partial charge on any atom is -0.253 e. The lowest BCUT2D eigenvalue weighted by Gasteiger charge is -2.07. The molecule has 0 aliphatic heterocycles. The van der Waals surface area contributed by atoms with Gasteiger partial charge in [-0.3, -0.25) is 4.98 Å². The second kappa shape index (κ2) is 5.31. The molecule has 2 heteroatoms. The Kier molecular flexibility index (Phi) is 3.79. The Bertz CT molecular complexity index is 467. The van der Waals surface area contributed by atoms with E-state index in [0.717, 1.165) is 29.9 Å². The average Bonchev–Trinajstić information content (AvgIpc) is 2.35. The highest BCUT2D eigenvalue weighted by Gasteiger charge is 2.02. The van der Waals surface area contributed by atoms with Crippen molar-refractivity contribution in [3.63, 3.8) is 0 Å². The van der Waals surface area contributed by atoms with Crippen molar-refractivity contribution >= 4 is 22.5 Å². The van der Waals surface area contributed by atoms with Crippen LogP contribution in [0.15, 0.2) is 36.4 Å². The van der Waals surface area contributed by atoms with E-state index in [2.05, 4.69) is 36.2 Å². The molecule has 1 aromatic carbocycles. The molecule has 0 amide bonds. The van der Waals surface area contributed by atoms with Gasteiger partial charge in [-0.2, -0.15) is 0 Å². The van der Waals surface area contributed by atoms with Crippen LogP contribution in [-0.2, 0) is 6.42 Å². The van der Waals surface area contributed by atoms with Crippen molar-refractivity contribution < 1.29 is 0 Å². The van der Waals surface area contributed by atoms with Gasteiger partial charge >= 0.3 is 0 Å². The van der Waals surface area contributed by atoms with Crippen LogP contribution in [0.25, 0.3) is 10.9 Å². The minimum absolute atomic E-state index is 0.565. The monoisotopic (exact) mass is 233 g/mol. The lowest BCUT2D eigenvalue weighted by molar-refractivity contribution is 0.588. The summed E-state index contributed by atoms with van der Waals surface area (Å²) in [5, 5.41) is 1.21. The number of alkyl halides is 1. The Morgan fingerprint density at radius 3 is 2.81 bits per heavy atom. The molecule has 1 nitrogen and oxygen atoms in total. The quantitative estimate of drug-likeness (QED) is 0.727. The Morgan fingerprint density at radius 1 is 1.19 bits per heavy atom. The summed E-state index contributed by atoms with van der Waals surface area (Å²) in [6.45, 7) is 2.17. The molecule has 1 unspecified atom stereocenters. The molecule has 0 saturated carbocycles. The summed E-state index contributed by atoms with van der Waals surface area (Å²) < 4.78 is 0. The zero-order valence-electron chi connectivity index (χ0n) is 9.49. The van der Waals surface area contributed by atoms with E-state index in [1.807, 2.05) is 12.1 Å². The molecule has 0 N–H and O–H groups in total. The first-order valence-electron chi connectivity index (χ1n) is 5.70. The van der Waals surface area contributed by atoms with Crippen LogP contribution < -0.4 is 0 Å². The normalized spacial score (nSPS) is 12.9. The fraction of sp³-hybridized carbons (Fsp3) is 0.357. The number of aryl methyl sites for hydroxylation is 1. The molecule has 0 spiro atoms. The van der Waals surface area contributed by atoms with Gasteiger partial charge in [0.1, 0.15) is 0 Å². The zero-order valence-corrected chi connectivity index (χ0v) is 10.2. The van der Waals surface area contributed by atoms with Crippen molar-refractivity contribution in [1.82, 2.24) is 4.98 Å². The molecule has 84 valence electrons. The fourth-order valence-corrected chi connectivity index (χ4v) is 1.87. The Balaban J connectivity index is 2.13. The molecule has 0 aliphatic carbocycles. The number of halogens is 1. The van der Waals surface area contributed by atoms with Gasteiger partial charge in [0.15, 0.2) is 0 Å². The molecular formula is C14H16ClN. The summed E-state index contributed by atoms with van der Waals surface area (Å²) in [5.41, 5.74) is 2.24. The van der Waals surface area contributed by atoms with Crippen molar-refractivity contribution in [3.05, 3.63) is 42.1 Å². The lowest BCUT2D eigenvalue weighted by atomic mass is 10.1. The van der Waals surface area contributed by atoms with Crippen LogP contribution in [-0.4, -0.2) is 10.9 Å². The van der Waals surface area contributed by atoms with Crippen molar-refractivity contribution in [2.75, 3.05) is 5.88 Å². The summed E-state index contributed by atoms with van der Waals surface area (Å²) in [4.78, 5) is 4.64. The minimum atomic E-state index is 0.565. The van der Waals surface area contributed by atoms with Crippen LogP contribution in [0, 0.1) is 5.92 Å². The number of benzene rings is 1. The highest BCUT2D eigenvalue weighted by molar-refractivity contribution is 6.18. The van der Waals surface area contributed by atoms with E-state index in [9.17, 15) is 0 Å². The molecule has 16 heavy (non-hydrogen) atoms. The summed E-state index contributed by atoms with van der Waals surface area (Å²) >= 11 is 5.79. The third-order valence-electron chi connectivity index (χ3n) is 2.81. The molecule has 0 bridgehead atoms. The fourth-order valence-electron chi connectivity index (χ4n) is 1.72. The van der Waals surface area contributed by atoms with Crippen LogP contribution in [0.5, 0.6) is 0 Å². The van der Waals surface area contributed by atoms with Gasteiger partial charge in [-0.05, 0) is 30.9 Å². The maximum Gasteiger partial charge on any atom is 0.0705 e. The lowest BCUT2D eigenvalue weighted by Crippen LogP contribution is -2.00. The maximum atomic E-state index is 5.79. The number of hydrogen-bond acceptors (Lipinski definition) is 1. The second-order valence-electron chi connectivity index (χ2n) is 4.29. The first-order chi connectivity index (χ1) is 7.79. The van der Waals surface area contributed by atoms with Crippen LogP contribution in [0.4, 0.5) is 0 Å². The summed E-state index contributed by atoms with van der Waals surface area (Å²) in [6.07, 6.45) is 2.12. The third kappa shape index (κ3) is 2.73. The van der Waals surface area contributed by atoms with Gasteiger partial charge < -0.3 is 0 Å². The summed E-state index contributed by atoms with van der Waals surface area (Å²) in [7, 11) is 0. The smallest absolute Gasteiger partial charge is 0.0705 e. The zero-order chi connectivity index (χ0) is 11.4. The predicted octanol–water partition coefficient (Wildman–Crippen LogP) is 4.04. The Labute approximate surface area is 101 Å². The molecule has 1 aromatic heterocycles. The van der Waals surface area contributed by atoms with Crippen molar-refractivity contribution in [2.24, 2.45) is 5.92 Å². The molecule has 0 radical (unpaired) electrons. The molecule has 0 saturated heterocycles. The van der Waals surface area contributed by atoms with Crippen LogP contribution in [0.3, 0.4) is 0 Å². The topological polar surface area (TPSA) is 12.9 Å². The van der Waals surface area contributed by atoms with Crippen molar-refractivity contribution in [2.45, 2.75) is 19.8 Å². The van der Waals surface area contributed by atoms with E-state index in [-0.39, 0.29) is 0 Å². The average molecular weight is 234 g/mol. The van der Waals surface area contributed by atoms with E-state index in [0.29, 0.717) is 5.92 Å². The third-order valence-corrected chi connectivity index (χ3v) is 3.34. The Hall–Kier alpha value is -1.08.